The van der Waals surface area contributed by atoms with E-state index in [1.165, 1.54) is 37.1 Å². The smallest absolute Gasteiger partial charge is 0.109 e. The van der Waals surface area contributed by atoms with Gasteiger partial charge in [0, 0.05) is 13.5 Å². The molecule has 0 bridgehead atoms. The third-order valence-electron chi connectivity index (χ3n) is 3.39. The molecule has 0 spiro atoms. The lowest BCUT2D eigenvalue weighted by Gasteiger charge is -2.08. The Morgan fingerprint density at radius 1 is 1.11 bits per heavy atom. The highest BCUT2D eigenvalue weighted by molar-refractivity contribution is 5.75. The van der Waals surface area contributed by atoms with Crippen molar-refractivity contribution < 1.29 is 0 Å². The molecule has 0 aliphatic heterocycles. The van der Waals surface area contributed by atoms with Crippen molar-refractivity contribution in [3.8, 4) is 0 Å². The summed E-state index contributed by atoms with van der Waals surface area (Å²) in [5, 5.41) is 0. The minimum absolute atomic E-state index is 1.08. The Hall–Kier alpha value is -1.35. The Morgan fingerprint density at radius 3 is 2.61 bits per heavy atom. The van der Waals surface area contributed by atoms with Crippen molar-refractivity contribution in [1.82, 2.24) is 14.5 Å². The first kappa shape index (κ1) is 13.1. The lowest BCUT2D eigenvalue weighted by molar-refractivity contribution is 0.391. The number of imidazole rings is 1. The van der Waals surface area contributed by atoms with Gasteiger partial charge in [0.05, 0.1) is 11.0 Å². The summed E-state index contributed by atoms with van der Waals surface area (Å²) in [7, 11) is 6.38. The number of hydrogen-bond acceptors (Lipinski definition) is 2. The number of unbranched alkanes of at least 4 members (excludes halogenated alkanes) is 2. The molecule has 0 saturated heterocycles. The number of para-hydroxylation sites is 2. The standard InChI is InChI=1S/C15H23N3/c1-17(2)12-8-4-5-11-15-16-13-9-6-7-10-14(13)18(15)3/h6-7,9-10H,4-5,8,11-12H2,1-3H3. The van der Waals surface area contributed by atoms with Gasteiger partial charge < -0.3 is 9.47 Å². The number of hydrogen-bond donors (Lipinski definition) is 0. The Morgan fingerprint density at radius 2 is 1.89 bits per heavy atom. The summed E-state index contributed by atoms with van der Waals surface area (Å²) in [6.45, 7) is 1.18. The highest BCUT2D eigenvalue weighted by Crippen LogP contribution is 2.15. The zero-order chi connectivity index (χ0) is 13.0. The van der Waals surface area contributed by atoms with Crippen LogP contribution in [-0.4, -0.2) is 35.1 Å². The average Bonchev–Trinajstić information content (AvgIpc) is 2.66. The summed E-state index contributed by atoms with van der Waals surface area (Å²) in [5.74, 6) is 1.21. The first-order chi connectivity index (χ1) is 8.68. The van der Waals surface area contributed by atoms with Crippen LogP contribution in [0.1, 0.15) is 25.1 Å². The number of rotatable bonds is 6. The molecule has 0 aliphatic rings. The van der Waals surface area contributed by atoms with Crippen molar-refractivity contribution in [2.45, 2.75) is 25.7 Å². The number of nitrogens with zero attached hydrogens (tertiary/aromatic N) is 3. The van der Waals surface area contributed by atoms with Crippen LogP contribution in [-0.2, 0) is 13.5 Å². The summed E-state index contributed by atoms with van der Waals surface area (Å²) >= 11 is 0. The fraction of sp³-hybridized carbons (Fsp3) is 0.533. The van der Waals surface area contributed by atoms with Crippen LogP contribution in [0.2, 0.25) is 0 Å². The van der Waals surface area contributed by atoms with E-state index in [-0.39, 0.29) is 0 Å². The normalized spacial score (nSPS) is 11.6. The molecular weight excluding hydrogens is 222 g/mol. The first-order valence-electron chi connectivity index (χ1n) is 6.73. The lowest BCUT2D eigenvalue weighted by Crippen LogP contribution is -2.12. The average molecular weight is 245 g/mol. The Bertz CT molecular complexity index is 499. The molecule has 1 aromatic heterocycles. The lowest BCUT2D eigenvalue weighted by atomic mass is 10.2. The highest BCUT2D eigenvalue weighted by atomic mass is 15.1. The maximum atomic E-state index is 4.70. The van der Waals surface area contributed by atoms with Crippen LogP contribution < -0.4 is 0 Å². The Balaban J connectivity index is 1.90. The molecule has 2 aromatic rings. The van der Waals surface area contributed by atoms with Crippen molar-refractivity contribution in [2.24, 2.45) is 7.05 Å². The quantitative estimate of drug-likeness (QED) is 0.730. The fourth-order valence-corrected chi connectivity index (χ4v) is 2.31. The molecule has 2 rings (SSSR count). The molecule has 18 heavy (non-hydrogen) atoms. The monoisotopic (exact) mass is 245 g/mol. The summed E-state index contributed by atoms with van der Waals surface area (Å²) in [5.41, 5.74) is 2.35. The highest BCUT2D eigenvalue weighted by Gasteiger charge is 2.06. The molecule has 0 unspecified atom stereocenters. The van der Waals surface area contributed by atoms with Crippen LogP contribution in [0, 0.1) is 0 Å². The van der Waals surface area contributed by atoms with E-state index in [2.05, 4.69) is 54.9 Å². The molecule has 3 heteroatoms. The van der Waals surface area contributed by atoms with Gasteiger partial charge in [-0.05, 0) is 45.6 Å². The van der Waals surface area contributed by atoms with Crippen molar-refractivity contribution in [3.63, 3.8) is 0 Å². The third kappa shape index (κ3) is 3.10. The van der Waals surface area contributed by atoms with Gasteiger partial charge in [0.2, 0.25) is 0 Å². The second-order valence-corrected chi connectivity index (χ2v) is 5.19. The second-order valence-electron chi connectivity index (χ2n) is 5.19. The van der Waals surface area contributed by atoms with E-state index >= 15 is 0 Å². The van der Waals surface area contributed by atoms with Gasteiger partial charge >= 0.3 is 0 Å². The third-order valence-corrected chi connectivity index (χ3v) is 3.39. The van der Waals surface area contributed by atoms with Crippen LogP contribution in [0.25, 0.3) is 11.0 Å². The van der Waals surface area contributed by atoms with Crippen LogP contribution in [0.15, 0.2) is 24.3 Å². The zero-order valence-electron chi connectivity index (χ0n) is 11.7. The van der Waals surface area contributed by atoms with Gasteiger partial charge in [-0.1, -0.05) is 18.6 Å². The second kappa shape index (κ2) is 6.01. The predicted molar refractivity (Wildman–Crippen MR) is 76.8 cm³/mol. The van der Waals surface area contributed by atoms with Gasteiger partial charge in [0.1, 0.15) is 5.82 Å². The molecule has 1 heterocycles. The van der Waals surface area contributed by atoms with Crippen molar-refractivity contribution >= 4 is 11.0 Å². The van der Waals surface area contributed by atoms with E-state index in [9.17, 15) is 0 Å². The van der Waals surface area contributed by atoms with E-state index < -0.39 is 0 Å². The number of aromatic nitrogens is 2. The maximum absolute atomic E-state index is 4.70. The molecule has 0 saturated carbocycles. The zero-order valence-corrected chi connectivity index (χ0v) is 11.7. The van der Waals surface area contributed by atoms with Gasteiger partial charge in [0.15, 0.2) is 0 Å². The van der Waals surface area contributed by atoms with E-state index in [1.807, 2.05) is 0 Å². The van der Waals surface area contributed by atoms with Crippen LogP contribution in [0.3, 0.4) is 0 Å². The van der Waals surface area contributed by atoms with Gasteiger partial charge in [0.25, 0.3) is 0 Å². The predicted octanol–water partition coefficient (Wildman–Crippen LogP) is 2.85. The molecule has 1 aromatic carbocycles. The minimum atomic E-state index is 1.08. The van der Waals surface area contributed by atoms with Gasteiger partial charge in [-0.15, -0.1) is 0 Å². The maximum Gasteiger partial charge on any atom is 0.109 e. The summed E-state index contributed by atoms with van der Waals surface area (Å²) in [6, 6.07) is 8.35. The van der Waals surface area contributed by atoms with Gasteiger partial charge in [-0.2, -0.15) is 0 Å². The van der Waals surface area contributed by atoms with Crippen molar-refractivity contribution in [3.05, 3.63) is 30.1 Å². The molecule has 3 nitrogen and oxygen atoms in total. The Kier molecular flexibility index (Phi) is 4.37. The largest absolute Gasteiger partial charge is 0.331 e. The molecule has 0 amide bonds. The first-order valence-corrected chi connectivity index (χ1v) is 6.73. The molecule has 0 aliphatic carbocycles. The number of benzene rings is 1. The molecule has 98 valence electrons. The topological polar surface area (TPSA) is 21.1 Å². The number of fused-ring (bicyclic) bond motifs is 1. The van der Waals surface area contributed by atoms with E-state index in [4.69, 9.17) is 4.98 Å². The summed E-state index contributed by atoms with van der Waals surface area (Å²) < 4.78 is 2.22. The summed E-state index contributed by atoms with van der Waals surface area (Å²) in [6.07, 6.45) is 4.86. The minimum Gasteiger partial charge on any atom is -0.331 e. The van der Waals surface area contributed by atoms with Crippen LogP contribution >= 0.6 is 0 Å². The van der Waals surface area contributed by atoms with Gasteiger partial charge in [-0.3, -0.25) is 0 Å². The molecule has 0 radical (unpaired) electrons. The molecule has 0 atom stereocenters. The fourth-order valence-electron chi connectivity index (χ4n) is 2.31. The molecule has 0 fully saturated rings. The van der Waals surface area contributed by atoms with Crippen LogP contribution in [0.4, 0.5) is 0 Å². The van der Waals surface area contributed by atoms with Gasteiger partial charge in [-0.25, -0.2) is 4.98 Å². The van der Waals surface area contributed by atoms with E-state index in [0.717, 1.165) is 11.9 Å². The van der Waals surface area contributed by atoms with Crippen molar-refractivity contribution in [2.75, 3.05) is 20.6 Å². The Labute approximate surface area is 109 Å². The van der Waals surface area contributed by atoms with E-state index in [1.54, 1.807) is 0 Å². The summed E-state index contributed by atoms with van der Waals surface area (Å²) in [4.78, 5) is 6.94. The van der Waals surface area contributed by atoms with Crippen LogP contribution in [0.5, 0.6) is 0 Å². The number of aryl methyl sites for hydroxylation is 2. The molecule has 0 N–H and O–H groups in total. The SMILES string of the molecule is CN(C)CCCCCc1nc2ccccc2n1C. The molecular formula is C15H23N3. The van der Waals surface area contributed by atoms with Crippen molar-refractivity contribution in [1.29, 1.82) is 0 Å². The van der Waals surface area contributed by atoms with E-state index in [0.29, 0.717) is 0 Å².